The van der Waals surface area contributed by atoms with E-state index in [0.717, 1.165) is 35.8 Å². The zero-order valence-electron chi connectivity index (χ0n) is 14.0. The number of benzene rings is 1. The monoisotopic (exact) mass is 333 g/mol. The second-order valence-electron chi connectivity index (χ2n) is 7.01. The standard InChI is InChI=1S/C19H27NO2S/c1-23(22)18-11-9-16(10-12-18)19(21)20-13-5-8-17(20)14-15-6-3-2-4-7-15/h9-12,15,17H,2-8,13-14H2,1H3/t17-,23+/m0/s1. The van der Waals surface area contributed by atoms with E-state index in [9.17, 15) is 9.00 Å². The van der Waals surface area contributed by atoms with Gasteiger partial charge >= 0.3 is 0 Å². The third-order valence-corrected chi connectivity index (χ3v) is 6.34. The summed E-state index contributed by atoms with van der Waals surface area (Å²) in [6, 6.07) is 7.71. The minimum atomic E-state index is -0.989. The van der Waals surface area contributed by atoms with Gasteiger partial charge in [0.2, 0.25) is 0 Å². The summed E-state index contributed by atoms with van der Waals surface area (Å²) in [7, 11) is -0.989. The summed E-state index contributed by atoms with van der Waals surface area (Å²) in [5.41, 5.74) is 0.731. The van der Waals surface area contributed by atoms with Crippen molar-refractivity contribution < 1.29 is 9.00 Å². The summed E-state index contributed by atoms with van der Waals surface area (Å²) < 4.78 is 11.5. The highest BCUT2D eigenvalue weighted by molar-refractivity contribution is 7.84. The second kappa shape index (κ2) is 7.61. The van der Waals surface area contributed by atoms with Crippen LogP contribution in [0.2, 0.25) is 0 Å². The highest BCUT2D eigenvalue weighted by Crippen LogP contribution is 2.32. The Morgan fingerprint density at radius 2 is 1.78 bits per heavy atom. The first-order chi connectivity index (χ1) is 11.1. The van der Waals surface area contributed by atoms with Crippen LogP contribution in [0.5, 0.6) is 0 Å². The van der Waals surface area contributed by atoms with Crippen LogP contribution >= 0.6 is 0 Å². The molecule has 1 aromatic rings. The van der Waals surface area contributed by atoms with Crippen LogP contribution in [-0.2, 0) is 10.8 Å². The molecule has 0 N–H and O–H groups in total. The van der Waals surface area contributed by atoms with E-state index in [1.807, 2.05) is 24.3 Å². The molecule has 3 rings (SSSR count). The SMILES string of the molecule is C[S@@](=O)c1ccc(C(=O)N2CCC[C@H]2CC2CCCCC2)cc1. The van der Waals surface area contributed by atoms with Gasteiger partial charge in [-0.3, -0.25) is 9.00 Å². The minimum Gasteiger partial charge on any atom is -0.336 e. The maximum absolute atomic E-state index is 12.8. The number of likely N-dealkylation sites (tertiary alicyclic amines) is 1. The van der Waals surface area contributed by atoms with E-state index in [4.69, 9.17) is 0 Å². The van der Waals surface area contributed by atoms with Gasteiger partial charge in [0.1, 0.15) is 0 Å². The predicted octanol–water partition coefficient (Wildman–Crippen LogP) is 4.00. The molecule has 1 aromatic carbocycles. The maximum Gasteiger partial charge on any atom is 0.254 e. The summed E-state index contributed by atoms with van der Waals surface area (Å²) in [6.45, 7) is 0.887. The number of hydrogen-bond acceptors (Lipinski definition) is 2. The van der Waals surface area contributed by atoms with Crippen LogP contribution in [0, 0.1) is 5.92 Å². The average molecular weight is 333 g/mol. The molecule has 1 heterocycles. The maximum atomic E-state index is 12.8. The molecule has 1 saturated heterocycles. The Morgan fingerprint density at radius 3 is 2.43 bits per heavy atom. The first kappa shape index (κ1) is 16.7. The fourth-order valence-electron chi connectivity index (χ4n) is 4.11. The fraction of sp³-hybridized carbons (Fsp3) is 0.632. The van der Waals surface area contributed by atoms with E-state index in [1.165, 1.54) is 38.5 Å². The molecular formula is C19H27NO2S. The van der Waals surface area contributed by atoms with Crippen LogP contribution in [0.4, 0.5) is 0 Å². The number of rotatable bonds is 4. The average Bonchev–Trinajstić information content (AvgIpc) is 3.03. The fourth-order valence-corrected chi connectivity index (χ4v) is 4.63. The van der Waals surface area contributed by atoms with Gasteiger partial charge in [-0.15, -0.1) is 0 Å². The van der Waals surface area contributed by atoms with Gasteiger partial charge in [-0.1, -0.05) is 32.1 Å². The third kappa shape index (κ3) is 4.03. The zero-order chi connectivity index (χ0) is 16.2. The smallest absolute Gasteiger partial charge is 0.254 e. The molecule has 1 saturated carbocycles. The van der Waals surface area contributed by atoms with Crippen molar-refractivity contribution in [2.24, 2.45) is 5.92 Å². The summed E-state index contributed by atoms with van der Waals surface area (Å²) in [5.74, 6) is 0.962. The normalized spacial score (nSPS) is 23.9. The Bertz CT molecular complexity index is 563. The van der Waals surface area contributed by atoms with Crippen molar-refractivity contribution in [3.63, 3.8) is 0 Å². The topological polar surface area (TPSA) is 37.4 Å². The summed E-state index contributed by atoms with van der Waals surface area (Å²) in [4.78, 5) is 15.7. The lowest BCUT2D eigenvalue weighted by atomic mass is 9.84. The predicted molar refractivity (Wildman–Crippen MR) is 94.0 cm³/mol. The Kier molecular flexibility index (Phi) is 5.52. The quantitative estimate of drug-likeness (QED) is 0.835. The lowest BCUT2D eigenvalue weighted by molar-refractivity contribution is 0.0711. The third-order valence-electron chi connectivity index (χ3n) is 5.40. The van der Waals surface area contributed by atoms with E-state index in [-0.39, 0.29) is 5.91 Å². The van der Waals surface area contributed by atoms with Crippen molar-refractivity contribution in [1.82, 2.24) is 4.90 Å². The van der Waals surface area contributed by atoms with Crippen LogP contribution in [0.25, 0.3) is 0 Å². The van der Waals surface area contributed by atoms with Gasteiger partial charge in [-0.05, 0) is 49.4 Å². The van der Waals surface area contributed by atoms with E-state index >= 15 is 0 Å². The van der Waals surface area contributed by atoms with Crippen LogP contribution in [0.15, 0.2) is 29.2 Å². The number of amides is 1. The number of carbonyl (C=O) groups excluding carboxylic acids is 1. The molecule has 3 nitrogen and oxygen atoms in total. The van der Waals surface area contributed by atoms with Crippen LogP contribution in [0.3, 0.4) is 0 Å². The van der Waals surface area contributed by atoms with E-state index in [1.54, 1.807) is 6.26 Å². The van der Waals surface area contributed by atoms with Crippen molar-refractivity contribution in [1.29, 1.82) is 0 Å². The van der Waals surface area contributed by atoms with Crippen LogP contribution in [-0.4, -0.2) is 33.9 Å². The van der Waals surface area contributed by atoms with Crippen LogP contribution in [0.1, 0.15) is 61.7 Å². The molecular weight excluding hydrogens is 306 g/mol. The summed E-state index contributed by atoms with van der Waals surface area (Å²) in [5, 5.41) is 0. The highest BCUT2D eigenvalue weighted by atomic mass is 32.2. The molecule has 0 spiro atoms. The molecule has 2 aliphatic rings. The van der Waals surface area contributed by atoms with Crippen molar-refractivity contribution >= 4 is 16.7 Å². The van der Waals surface area contributed by atoms with Gasteiger partial charge in [0.15, 0.2) is 0 Å². The molecule has 2 fully saturated rings. The number of carbonyl (C=O) groups is 1. The van der Waals surface area contributed by atoms with E-state index < -0.39 is 10.8 Å². The second-order valence-corrected chi connectivity index (χ2v) is 8.39. The highest BCUT2D eigenvalue weighted by Gasteiger charge is 2.31. The van der Waals surface area contributed by atoms with Crippen LogP contribution < -0.4 is 0 Å². The molecule has 23 heavy (non-hydrogen) atoms. The lowest BCUT2D eigenvalue weighted by Crippen LogP contribution is -2.37. The Hall–Kier alpha value is -1.16. The van der Waals surface area contributed by atoms with Crippen molar-refractivity contribution in [3.8, 4) is 0 Å². The van der Waals surface area contributed by atoms with Crippen molar-refractivity contribution in [3.05, 3.63) is 29.8 Å². The van der Waals surface area contributed by atoms with Gasteiger partial charge in [-0.25, -0.2) is 0 Å². The molecule has 0 radical (unpaired) electrons. The molecule has 1 aliphatic carbocycles. The van der Waals surface area contributed by atoms with Crippen molar-refractivity contribution in [2.75, 3.05) is 12.8 Å². The first-order valence-corrected chi connectivity index (χ1v) is 10.5. The molecule has 4 heteroatoms. The largest absolute Gasteiger partial charge is 0.336 e. The molecule has 1 amide bonds. The van der Waals surface area contributed by atoms with E-state index in [0.29, 0.717) is 6.04 Å². The van der Waals surface area contributed by atoms with Gasteiger partial charge in [0.25, 0.3) is 5.91 Å². The molecule has 1 aliphatic heterocycles. The van der Waals surface area contributed by atoms with Gasteiger partial charge in [-0.2, -0.15) is 0 Å². The number of nitrogens with zero attached hydrogens (tertiary/aromatic N) is 1. The molecule has 0 aromatic heterocycles. The molecule has 0 unspecified atom stereocenters. The Labute approximate surface area is 141 Å². The molecule has 2 atom stereocenters. The molecule has 0 bridgehead atoms. The van der Waals surface area contributed by atoms with Gasteiger partial charge in [0.05, 0.1) is 0 Å². The number of hydrogen-bond donors (Lipinski definition) is 0. The van der Waals surface area contributed by atoms with Gasteiger partial charge < -0.3 is 4.90 Å². The van der Waals surface area contributed by atoms with E-state index in [2.05, 4.69) is 4.90 Å². The van der Waals surface area contributed by atoms with Gasteiger partial charge in [0, 0.05) is 40.1 Å². The summed E-state index contributed by atoms with van der Waals surface area (Å²) in [6.07, 6.45) is 11.9. The summed E-state index contributed by atoms with van der Waals surface area (Å²) >= 11 is 0. The minimum absolute atomic E-state index is 0.150. The lowest BCUT2D eigenvalue weighted by Gasteiger charge is -2.30. The molecule has 126 valence electrons. The van der Waals surface area contributed by atoms with Crippen molar-refractivity contribution in [2.45, 2.75) is 62.3 Å². The first-order valence-electron chi connectivity index (χ1n) is 8.89. The zero-order valence-corrected chi connectivity index (χ0v) is 14.8. The Morgan fingerprint density at radius 1 is 1.09 bits per heavy atom. The Balaban J connectivity index is 1.66.